The molecule has 2 rings (SSSR count). The van der Waals surface area contributed by atoms with Gasteiger partial charge in [-0.15, -0.1) is 0 Å². The molecule has 1 aromatic carbocycles. The SMILES string of the molecule is CCC(C)C(N)C(=O)NC(Cc1c[nH]c2ccccc12)C(=O)NC(C(=O)NC(C(=O)O)C(C)C)C(C)O. The van der Waals surface area contributed by atoms with Crippen LogP contribution >= 0.6 is 0 Å². The molecule has 0 saturated heterocycles. The molecule has 11 nitrogen and oxygen atoms in total. The van der Waals surface area contributed by atoms with E-state index in [2.05, 4.69) is 20.9 Å². The number of aromatic amines is 1. The Morgan fingerprint density at radius 2 is 1.57 bits per heavy atom. The Morgan fingerprint density at radius 3 is 2.14 bits per heavy atom. The van der Waals surface area contributed by atoms with Crippen molar-refractivity contribution in [3.8, 4) is 0 Å². The van der Waals surface area contributed by atoms with Gasteiger partial charge in [0.05, 0.1) is 12.1 Å². The Morgan fingerprint density at radius 1 is 0.946 bits per heavy atom. The predicted octanol–water partition coefficient (Wildman–Crippen LogP) is 0.660. The van der Waals surface area contributed by atoms with Gasteiger partial charge in [0.2, 0.25) is 17.7 Å². The molecule has 204 valence electrons. The van der Waals surface area contributed by atoms with Crippen LogP contribution in [0.5, 0.6) is 0 Å². The van der Waals surface area contributed by atoms with Crippen LogP contribution in [0.15, 0.2) is 30.5 Å². The van der Waals surface area contributed by atoms with E-state index in [9.17, 15) is 29.4 Å². The number of para-hydroxylation sites is 1. The molecule has 1 heterocycles. The summed E-state index contributed by atoms with van der Waals surface area (Å²) in [6.45, 7) is 8.30. The van der Waals surface area contributed by atoms with Gasteiger partial charge < -0.3 is 36.9 Å². The molecule has 0 spiro atoms. The van der Waals surface area contributed by atoms with Crippen molar-refractivity contribution in [3.63, 3.8) is 0 Å². The van der Waals surface area contributed by atoms with Gasteiger partial charge >= 0.3 is 5.97 Å². The van der Waals surface area contributed by atoms with Crippen molar-refractivity contribution < 1.29 is 29.4 Å². The number of nitrogens with two attached hydrogens (primary N) is 1. The summed E-state index contributed by atoms with van der Waals surface area (Å²) in [6.07, 6.45) is 1.16. The van der Waals surface area contributed by atoms with Gasteiger partial charge in [-0.05, 0) is 30.4 Å². The van der Waals surface area contributed by atoms with Crippen molar-refractivity contribution >= 4 is 34.6 Å². The van der Waals surface area contributed by atoms with Gasteiger partial charge in [-0.3, -0.25) is 14.4 Å². The number of fused-ring (bicyclic) bond motifs is 1. The van der Waals surface area contributed by atoms with E-state index < -0.39 is 59.9 Å². The summed E-state index contributed by atoms with van der Waals surface area (Å²) in [5.74, 6) is -3.87. The van der Waals surface area contributed by atoms with Gasteiger partial charge in [-0.2, -0.15) is 0 Å². The van der Waals surface area contributed by atoms with Gasteiger partial charge in [0.15, 0.2) is 0 Å². The molecule has 0 aliphatic carbocycles. The van der Waals surface area contributed by atoms with E-state index in [4.69, 9.17) is 5.73 Å². The first kappa shape index (κ1) is 29.8. The third-order valence-electron chi connectivity index (χ3n) is 6.58. The van der Waals surface area contributed by atoms with E-state index in [0.717, 1.165) is 16.5 Å². The Labute approximate surface area is 216 Å². The lowest BCUT2D eigenvalue weighted by molar-refractivity contribution is -0.144. The highest BCUT2D eigenvalue weighted by Crippen LogP contribution is 2.19. The number of carbonyl (C=O) groups is 4. The van der Waals surface area contributed by atoms with Crippen LogP contribution < -0.4 is 21.7 Å². The van der Waals surface area contributed by atoms with Crippen LogP contribution in [0.1, 0.15) is 46.6 Å². The number of H-pyrrole nitrogens is 1. The summed E-state index contributed by atoms with van der Waals surface area (Å²) in [6, 6.07) is 2.87. The summed E-state index contributed by atoms with van der Waals surface area (Å²) in [5.41, 5.74) is 7.70. The van der Waals surface area contributed by atoms with Gasteiger partial charge in [0.25, 0.3) is 0 Å². The maximum Gasteiger partial charge on any atom is 0.326 e. The molecule has 0 aliphatic heterocycles. The standard InChI is InChI=1S/C26H39N5O6/c1-6-14(4)20(27)24(34)29-19(11-16-12-28-18-10-8-7-9-17(16)18)23(33)31-22(15(5)32)25(35)30-21(13(2)3)26(36)37/h7-10,12-15,19-22,28,32H,6,11,27H2,1-5H3,(H,29,34)(H,30,35)(H,31,33)(H,36,37). The molecule has 2 aromatic rings. The molecule has 6 atom stereocenters. The predicted molar refractivity (Wildman–Crippen MR) is 139 cm³/mol. The van der Waals surface area contributed by atoms with Crippen molar-refractivity contribution in [2.45, 2.75) is 77.7 Å². The van der Waals surface area contributed by atoms with Crippen LogP contribution in [0.4, 0.5) is 0 Å². The fraction of sp³-hybridized carbons (Fsp3) is 0.538. The van der Waals surface area contributed by atoms with Crippen molar-refractivity contribution in [1.82, 2.24) is 20.9 Å². The number of hydrogen-bond donors (Lipinski definition) is 7. The Bertz CT molecular complexity index is 1100. The number of benzene rings is 1. The molecule has 0 aliphatic rings. The maximum absolute atomic E-state index is 13.4. The van der Waals surface area contributed by atoms with E-state index in [-0.39, 0.29) is 12.3 Å². The summed E-state index contributed by atoms with van der Waals surface area (Å²) in [4.78, 5) is 53.8. The average Bonchev–Trinajstić information content (AvgIpc) is 3.26. The van der Waals surface area contributed by atoms with E-state index in [1.807, 2.05) is 38.1 Å². The second-order valence-corrected chi connectivity index (χ2v) is 9.83. The van der Waals surface area contributed by atoms with Crippen LogP contribution in [-0.2, 0) is 25.6 Å². The number of aromatic nitrogens is 1. The topological polar surface area (TPSA) is 187 Å². The van der Waals surface area contributed by atoms with Crippen LogP contribution in [0.3, 0.4) is 0 Å². The van der Waals surface area contributed by atoms with Crippen LogP contribution in [0.25, 0.3) is 10.9 Å². The van der Waals surface area contributed by atoms with Crippen LogP contribution in [0.2, 0.25) is 0 Å². The van der Waals surface area contributed by atoms with Gasteiger partial charge in [-0.1, -0.05) is 52.3 Å². The zero-order valence-corrected chi connectivity index (χ0v) is 21.9. The smallest absolute Gasteiger partial charge is 0.326 e. The third-order valence-corrected chi connectivity index (χ3v) is 6.58. The third kappa shape index (κ3) is 7.77. The lowest BCUT2D eigenvalue weighted by Crippen LogP contribution is -2.61. The highest BCUT2D eigenvalue weighted by atomic mass is 16.4. The van der Waals surface area contributed by atoms with Gasteiger partial charge in [-0.25, -0.2) is 4.79 Å². The number of hydrogen-bond acceptors (Lipinski definition) is 6. The highest BCUT2D eigenvalue weighted by Gasteiger charge is 2.34. The largest absolute Gasteiger partial charge is 0.480 e. The molecule has 0 bridgehead atoms. The second kappa shape index (κ2) is 13.2. The first-order valence-electron chi connectivity index (χ1n) is 12.5. The minimum atomic E-state index is -1.45. The van der Waals surface area contributed by atoms with E-state index in [1.165, 1.54) is 6.92 Å². The number of carboxylic acid groups (broad SMARTS) is 1. The lowest BCUT2D eigenvalue weighted by atomic mass is 9.98. The Kier molecular flexibility index (Phi) is 10.6. The number of carboxylic acids is 1. The zero-order valence-electron chi connectivity index (χ0n) is 21.9. The lowest BCUT2D eigenvalue weighted by Gasteiger charge is -2.27. The van der Waals surface area contributed by atoms with Crippen molar-refractivity contribution in [2.75, 3.05) is 0 Å². The maximum atomic E-state index is 13.4. The monoisotopic (exact) mass is 517 g/mol. The number of aliphatic hydroxyl groups excluding tert-OH is 1. The normalized spacial score (nSPS) is 16.3. The Balaban J connectivity index is 2.31. The second-order valence-electron chi connectivity index (χ2n) is 9.83. The minimum absolute atomic E-state index is 0.0900. The molecule has 0 radical (unpaired) electrons. The number of carbonyl (C=O) groups excluding carboxylic acids is 3. The quantitative estimate of drug-likeness (QED) is 0.203. The van der Waals surface area contributed by atoms with Crippen molar-refractivity contribution in [1.29, 1.82) is 0 Å². The molecule has 11 heteroatoms. The van der Waals surface area contributed by atoms with Gasteiger partial charge in [0, 0.05) is 23.5 Å². The molecule has 3 amide bonds. The van der Waals surface area contributed by atoms with E-state index in [0.29, 0.717) is 6.42 Å². The van der Waals surface area contributed by atoms with E-state index >= 15 is 0 Å². The molecule has 8 N–H and O–H groups in total. The first-order chi connectivity index (χ1) is 17.4. The highest BCUT2D eigenvalue weighted by molar-refractivity contribution is 5.95. The summed E-state index contributed by atoms with van der Waals surface area (Å²) >= 11 is 0. The number of aliphatic carboxylic acids is 1. The number of rotatable bonds is 13. The molecule has 0 saturated carbocycles. The summed E-state index contributed by atoms with van der Waals surface area (Å²) < 4.78 is 0. The van der Waals surface area contributed by atoms with Crippen LogP contribution in [0, 0.1) is 11.8 Å². The fourth-order valence-electron chi connectivity index (χ4n) is 3.93. The minimum Gasteiger partial charge on any atom is -0.480 e. The number of nitrogens with one attached hydrogen (secondary N) is 4. The van der Waals surface area contributed by atoms with Gasteiger partial charge in [0.1, 0.15) is 18.1 Å². The van der Waals surface area contributed by atoms with E-state index in [1.54, 1.807) is 20.0 Å². The molecule has 1 aromatic heterocycles. The van der Waals surface area contributed by atoms with Crippen LogP contribution in [-0.4, -0.2) is 69.2 Å². The molecule has 6 unspecified atom stereocenters. The molecule has 37 heavy (non-hydrogen) atoms. The average molecular weight is 518 g/mol. The Hall–Kier alpha value is -3.44. The fourth-order valence-corrected chi connectivity index (χ4v) is 3.93. The molecular formula is C26H39N5O6. The molecule has 0 fully saturated rings. The summed E-state index contributed by atoms with van der Waals surface area (Å²) in [5, 5.41) is 28.1. The summed E-state index contributed by atoms with van der Waals surface area (Å²) in [7, 11) is 0. The van der Waals surface area contributed by atoms with Crippen molar-refractivity contribution in [3.05, 3.63) is 36.0 Å². The van der Waals surface area contributed by atoms with Crippen molar-refractivity contribution in [2.24, 2.45) is 17.6 Å². The molecular weight excluding hydrogens is 478 g/mol. The first-order valence-corrected chi connectivity index (χ1v) is 12.5. The zero-order chi connectivity index (χ0) is 27.9. The number of amides is 3. The number of aliphatic hydroxyl groups is 1.